The Bertz CT molecular complexity index is 559. The van der Waals surface area contributed by atoms with Crippen LogP contribution in [0.4, 0.5) is 5.69 Å². The van der Waals surface area contributed by atoms with Crippen molar-refractivity contribution in [2.75, 3.05) is 0 Å². The molecule has 1 atom stereocenters. The molecule has 20 heavy (non-hydrogen) atoms. The summed E-state index contributed by atoms with van der Waals surface area (Å²) in [5, 5.41) is 22.0. The lowest BCUT2D eigenvalue weighted by atomic mass is 10.0. The van der Waals surface area contributed by atoms with E-state index in [-0.39, 0.29) is 21.6 Å². The van der Waals surface area contributed by atoms with E-state index in [0.717, 1.165) is 0 Å². The van der Waals surface area contributed by atoms with E-state index in [2.05, 4.69) is 21.2 Å². The second-order valence-electron chi connectivity index (χ2n) is 4.45. The first-order valence-corrected chi connectivity index (χ1v) is 6.51. The number of hydrogen-bond donors (Lipinski definition) is 2. The zero-order valence-electron chi connectivity index (χ0n) is 10.8. The third-order valence-electron chi connectivity index (χ3n) is 2.63. The van der Waals surface area contributed by atoms with Crippen LogP contribution in [-0.4, -0.2) is 27.9 Å². The molecular formula is C12H13BrN2O5. The van der Waals surface area contributed by atoms with Gasteiger partial charge >= 0.3 is 5.97 Å². The smallest absolute Gasteiger partial charge is 0.326 e. The van der Waals surface area contributed by atoms with Crippen LogP contribution in [-0.2, 0) is 4.79 Å². The highest BCUT2D eigenvalue weighted by molar-refractivity contribution is 9.10. The molecule has 0 aliphatic heterocycles. The number of nitrogens with zero attached hydrogens (tertiary/aromatic N) is 1. The van der Waals surface area contributed by atoms with Crippen molar-refractivity contribution in [3.05, 3.63) is 38.3 Å². The molecule has 0 aliphatic rings. The molecule has 0 saturated carbocycles. The number of carbonyl (C=O) groups excluding carboxylic acids is 1. The second kappa shape index (κ2) is 6.47. The number of nitro benzene ring substituents is 1. The van der Waals surface area contributed by atoms with Crippen LogP contribution in [0.3, 0.4) is 0 Å². The highest BCUT2D eigenvalue weighted by Crippen LogP contribution is 2.23. The van der Waals surface area contributed by atoms with Crippen molar-refractivity contribution in [2.24, 2.45) is 5.92 Å². The van der Waals surface area contributed by atoms with Crippen LogP contribution < -0.4 is 5.32 Å². The van der Waals surface area contributed by atoms with Gasteiger partial charge in [0.25, 0.3) is 11.6 Å². The van der Waals surface area contributed by atoms with Gasteiger partial charge in [-0.1, -0.05) is 13.8 Å². The maximum atomic E-state index is 12.0. The van der Waals surface area contributed by atoms with Crippen molar-refractivity contribution < 1.29 is 19.6 Å². The van der Waals surface area contributed by atoms with Crippen LogP contribution >= 0.6 is 15.9 Å². The van der Waals surface area contributed by atoms with Gasteiger partial charge < -0.3 is 10.4 Å². The Kier molecular flexibility index (Phi) is 5.20. The lowest BCUT2D eigenvalue weighted by Gasteiger charge is -2.18. The lowest BCUT2D eigenvalue weighted by molar-refractivity contribution is -0.384. The average Bonchev–Trinajstić information content (AvgIpc) is 2.34. The molecule has 0 unspecified atom stereocenters. The van der Waals surface area contributed by atoms with E-state index in [1.54, 1.807) is 13.8 Å². The molecule has 0 fully saturated rings. The van der Waals surface area contributed by atoms with Gasteiger partial charge in [0, 0.05) is 16.6 Å². The van der Waals surface area contributed by atoms with Gasteiger partial charge in [0.15, 0.2) is 0 Å². The Balaban J connectivity index is 2.98. The van der Waals surface area contributed by atoms with E-state index in [4.69, 9.17) is 5.11 Å². The molecule has 0 radical (unpaired) electrons. The lowest BCUT2D eigenvalue weighted by Crippen LogP contribution is -2.44. The van der Waals surface area contributed by atoms with Gasteiger partial charge in [-0.2, -0.15) is 0 Å². The Morgan fingerprint density at radius 2 is 2.00 bits per heavy atom. The molecule has 0 heterocycles. The van der Waals surface area contributed by atoms with Gasteiger partial charge in [0.2, 0.25) is 0 Å². The summed E-state index contributed by atoms with van der Waals surface area (Å²) in [5.74, 6) is -2.02. The Hall–Kier alpha value is -1.96. The summed E-state index contributed by atoms with van der Waals surface area (Å²) in [6.07, 6.45) is 0. The van der Waals surface area contributed by atoms with Gasteiger partial charge in [-0.25, -0.2) is 4.79 Å². The fraction of sp³-hybridized carbons (Fsp3) is 0.333. The Labute approximate surface area is 123 Å². The number of carbonyl (C=O) groups is 2. The summed E-state index contributed by atoms with van der Waals surface area (Å²) >= 11 is 3.07. The van der Waals surface area contributed by atoms with Crippen LogP contribution in [0.5, 0.6) is 0 Å². The predicted octanol–water partition coefficient (Wildman–Crippen LogP) is 2.20. The molecule has 0 spiro atoms. The van der Waals surface area contributed by atoms with Crippen LogP contribution in [0.15, 0.2) is 22.7 Å². The van der Waals surface area contributed by atoms with E-state index in [0.29, 0.717) is 0 Å². The molecular weight excluding hydrogens is 332 g/mol. The van der Waals surface area contributed by atoms with Crippen molar-refractivity contribution in [1.82, 2.24) is 5.32 Å². The number of amides is 1. The maximum absolute atomic E-state index is 12.0. The number of carboxylic acids is 1. The number of nitro groups is 1. The van der Waals surface area contributed by atoms with Gasteiger partial charge in [-0.05, 0) is 27.9 Å². The first-order chi connectivity index (χ1) is 9.23. The fourth-order valence-corrected chi connectivity index (χ4v) is 2.08. The second-order valence-corrected chi connectivity index (χ2v) is 5.31. The van der Waals surface area contributed by atoms with Crippen LogP contribution in [0.2, 0.25) is 0 Å². The summed E-state index contributed by atoms with van der Waals surface area (Å²) in [5.41, 5.74) is -0.0189. The van der Waals surface area contributed by atoms with Gasteiger partial charge in [0.05, 0.1) is 10.5 Å². The summed E-state index contributed by atoms with van der Waals surface area (Å²) in [6, 6.07) is 2.63. The molecule has 108 valence electrons. The molecule has 0 aliphatic carbocycles. The number of hydrogen-bond acceptors (Lipinski definition) is 4. The molecule has 8 heteroatoms. The highest BCUT2D eigenvalue weighted by atomic mass is 79.9. The van der Waals surface area contributed by atoms with E-state index >= 15 is 0 Å². The molecule has 7 nitrogen and oxygen atoms in total. The Morgan fingerprint density at radius 3 is 2.40 bits per heavy atom. The number of halogens is 1. The number of rotatable bonds is 5. The van der Waals surface area contributed by atoms with Crippen molar-refractivity contribution in [2.45, 2.75) is 19.9 Å². The molecule has 0 saturated heterocycles. The van der Waals surface area contributed by atoms with Crippen LogP contribution in [0, 0.1) is 16.0 Å². The number of nitrogens with one attached hydrogen (secondary N) is 1. The summed E-state index contributed by atoms with van der Waals surface area (Å²) < 4.78 is 0.233. The predicted molar refractivity (Wildman–Crippen MR) is 74.5 cm³/mol. The monoisotopic (exact) mass is 344 g/mol. The largest absolute Gasteiger partial charge is 0.480 e. The van der Waals surface area contributed by atoms with Crippen molar-refractivity contribution >= 4 is 33.5 Å². The van der Waals surface area contributed by atoms with Crippen LogP contribution in [0.1, 0.15) is 24.2 Å². The minimum absolute atomic E-state index is 0.141. The highest BCUT2D eigenvalue weighted by Gasteiger charge is 2.25. The topological polar surface area (TPSA) is 110 Å². The molecule has 1 rings (SSSR count). The van der Waals surface area contributed by atoms with E-state index < -0.39 is 22.8 Å². The van der Waals surface area contributed by atoms with Gasteiger partial charge in [-0.15, -0.1) is 0 Å². The third kappa shape index (κ3) is 3.77. The minimum atomic E-state index is -1.13. The standard InChI is InChI=1S/C12H13BrN2O5/c1-6(2)10(12(17)18)14-11(16)8-4-3-7(15(19)20)5-9(8)13/h3-6,10H,1-2H3,(H,14,16)(H,17,18)/t10-/m1/s1. The van der Waals surface area contributed by atoms with Gasteiger partial charge in [0.1, 0.15) is 6.04 Å². The van der Waals surface area contributed by atoms with Crippen molar-refractivity contribution in [3.8, 4) is 0 Å². The molecule has 1 aromatic carbocycles. The fourth-order valence-electron chi connectivity index (χ4n) is 1.53. The SMILES string of the molecule is CC(C)[C@@H](NC(=O)c1ccc([N+](=O)[O-])cc1Br)C(=O)O. The summed E-state index contributed by atoms with van der Waals surface area (Å²) in [6.45, 7) is 3.34. The zero-order valence-corrected chi connectivity index (χ0v) is 12.4. The number of carboxylic acid groups (broad SMARTS) is 1. The molecule has 0 aromatic heterocycles. The first kappa shape index (κ1) is 16.1. The molecule has 0 bridgehead atoms. The van der Waals surface area contributed by atoms with E-state index in [1.807, 2.05) is 0 Å². The number of benzene rings is 1. The molecule has 1 aromatic rings. The first-order valence-electron chi connectivity index (χ1n) is 5.71. The average molecular weight is 345 g/mol. The Morgan fingerprint density at radius 1 is 1.40 bits per heavy atom. The van der Waals surface area contributed by atoms with Crippen molar-refractivity contribution in [1.29, 1.82) is 0 Å². The van der Waals surface area contributed by atoms with E-state index in [1.165, 1.54) is 18.2 Å². The molecule has 1 amide bonds. The third-order valence-corrected chi connectivity index (χ3v) is 3.28. The zero-order chi connectivity index (χ0) is 15.4. The van der Waals surface area contributed by atoms with Crippen LogP contribution in [0.25, 0.3) is 0 Å². The molecule has 2 N–H and O–H groups in total. The normalized spacial score (nSPS) is 12.0. The maximum Gasteiger partial charge on any atom is 0.326 e. The summed E-state index contributed by atoms with van der Waals surface area (Å²) in [7, 11) is 0. The van der Waals surface area contributed by atoms with Crippen molar-refractivity contribution in [3.63, 3.8) is 0 Å². The quantitative estimate of drug-likeness (QED) is 0.628. The van der Waals surface area contributed by atoms with Gasteiger partial charge in [-0.3, -0.25) is 14.9 Å². The van der Waals surface area contributed by atoms with E-state index in [9.17, 15) is 19.7 Å². The summed E-state index contributed by atoms with van der Waals surface area (Å²) in [4.78, 5) is 33.0. The minimum Gasteiger partial charge on any atom is -0.480 e. The number of aliphatic carboxylic acids is 1. The number of non-ortho nitro benzene ring substituents is 1.